The van der Waals surface area contributed by atoms with E-state index in [0.29, 0.717) is 18.1 Å². The lowest BCUT2D eigenvalue weighted by molar-refractivity contribution is -0.123. The first-order chi connectivity index (χ1) is 13.4. The molecule has 0 unspecified atom stereocenters. The van der Waals surface area contributed by atoms with E-state index in [1.807, 2.05) is 6.92 Å². The lowest BCUT2D eigenvalue weighted by Crippen LogP contribution is -2.36. The van der Waals surface area contributed by atoms with Crippen molar-refractivity contribution in [2.75, 3.05) is 26.3 Å². The molecule has 0 saturated carbocycles. The van der Waals surface area contributed by atoms with Gasteiger partial charge in [0.2, 0.25) is 0 Å². The quantitative estimate of drug-likeness (QED) is 0.320. The lowest BCUT2D eigenvalue weighted by atomic mass is 10.1. The van der Waals surface area contributed by atoms with Crippen molar-refractivity contribution in [3.05, 3.63) is 42.0 Å². The second kappa shape index (κ2) is 9.91. The maximum Gasteiger partial charge on any atom is 0.258 e. The first-order valence-corrected chi connectivity index (χ1v) is 8.56. The molecule has 28 heavy (non-hydrogen) atoms. The largest absolute Gasteiger partial charge is 0.504 e. The minimum atomic E-state index is -0.699. The summed E-state index contributed by atoms with van der Waals surface area (Å²) in [6.45, 7) is 2.37. The number of para-hydroxylation sites is 2. The number of hydrogen-bond donors (Lipinski definition) is 5. The summed E-state index contributed by atoms with van der Waals surface area (Å²) in [5.74, 6) is -1.87. The molecule has 0 aliphatic rings. The zero-order valence-corrected chi connectivity index (χ0v) is 15.3. The lowest BCUT2D eigenvalue weighted by Gasteiger charge is -2.12. The number of amides is 2. The van der Waals surface area contributed by atoms with Crippen LogP contribution >= 0.6 is 0 Å². The molecule has 5 N–H and O–H groups in total. The van der Waals surface area contributed by atoms with Crippen LogP contribution in [0.2, 0.25) is 0 Å². The summed E-state index contributed by atoms with van der Waals surface area (Å²) < 4.78 is 10.8. The highest BCUT2D eigenvalue weighted by molar-refractivity contribution is 5.95. The fourth-order valence-electron chi connectivity index (χ4n) is 2.25. The van der Waals surface area contributed by atoms with Crippen LogP contribution in [0.25, 0.3) is 0 Å². The number of hydrogen-bond acceptors (Lipinski definition) is 7. The van der Waals surface area contributed by atoms with Crippen LogP contribution in [-0.2, 0) is 4.79 Å². The average Bonchev–Trinajstić information content (AvgIpc) is 2.68. The minimum Gasteiger partial charge on any atom is -0.504 e. The SMILES string of the molecule is CCOc1ccccc1OCC(=O)NCCNC(=O)c1cc(O)c(O)c(O)c1. The number of aromatic hydroxyl groups is 3. The molecule has 9 heteroatoms. The van der Waals surface area contributed by atoms with Gasteiger partial charge in [-0.2, -0.15) is 0 Å². The van der Waals surface area contributed by atoms with Gasteiger partial charge in [0.15, 0.2) is 35.4 Å². The first kappa shape index (κ1) is 20.7. The molecule has 2 amide bonds. The molecule has 0 saturated heterocycles. The third-order valence-corrected chi connectivity index (χ3v) is 3.57. The van der Waals surface area contributed by atoms with Crippen molar-refractivity contribution in [1.29, 1.82) is 0 Å². The van der Waals surface area contributed by atoms with E-state index in [1.54, 1.807) is 24.3 Å². The van der Waals surface area contributed by atoms with Gasteiger partial charge in [-0.15, -0.1) is 0 Å². The molecule has 2 aromatic rings. The Morgan fingerprint density at radius 2 is 1.50 bits per heavy atom. The monoisotopic (exact) mass is 390 g/mol. The van der Waals surface area contributed by atoms with Crippen molar-refractivity contribution in [3.63, 3.8) is 0 Å². The predicted octanol–water partition coefficient (Wildman–Crippen LogP) is 1.13. The first-order valence-electron chi connectivity index (χ1n) is 8.56. The van der Waals surface area contributed by atoms with E-state index in [9.17, 15) is 24.9 Å². The molecule has 0 fully saturated rings. The maximum atomic E-state index is 11.9. The molecule has 2 rings (SSSR count). The Morgan fingerprint density at radius 1 is 0.929 bits per heavy atom. The van der Waals surface area contributed by atoms with E-state index in [4.69, 9.17) is 9.47 Å². The highest BCUT2D eigenvalue weighted by Gasteiger charge is 2.13. The van der Waals surface area contributed by atoms with Gasteiger partial charge in [0.25, 0.3) is 11.8 Å². The van der Waals surface area contributed by atoms with Gasteiger partial charge < -0.3 is 35.4 Å². The average molecular weight is 390 g/mol. The summed E-state index contributed by atoms with van der Waals surface area (Å²) in [6, 6.07) is 9.05. The predicted molar refractivity (Wildman–Crippen MR) is 99.9 cm³/mol. The van der Waals surface area contributed by atoms with Crippen LogP contribution in [0.3, 0.4) is 0 Å². The van der Waals surface area contributed by atoms with Crippen LogP contribution in [0, 0.1) is 0 Å². The molecule has 0 heterocycles. The Balaban J connectivity index is 1.73. The zero-order valence-electron chi connectivity index (χ0n) is 15.3. The number of benzene rings is 2. The molecule has 2 aromatic carbocycles. The van der Waals surface area contributed by atoms with Gasteiger partial charge in [0, 0.05) is 18.7 Å². The van der Waals surface area contributed by atoms with E-state index in [-0.39, 0.29) is 31.2 Å². The van der Waals surface area contributed by atoms with Gasteiger partial charge in [0.1, 0.15) is 0 Å². The van der Waals surface area contributed by atoms with Gasteiger partial charge in [-0.3, -0.25) is 9.59 Å². The van der Waals surface area contributed by atoms with Crippen LogP contribution in [0.1, 0.15) is 17.3 Å². The summed E-state index contributed by atoms with van der Waals surface area (Å²) in [4.78, 5) is 23.8. The van der Waals surface area contributed by atoms with Crippen molar-refractivity contribution in [2.45, 2.75) is 6.92 Å². The molecule has 0 aliphatic heterocycles. The van der Waals surface area contributed by atoms with Crippen LogP contribution in [0.5, 0.6) is 28.7 Å². The van der Waals surface area contributed by atoms with Gasteiger partial charge in [-0.1, -0.05) is 12.1 Å². The van der Waals surface area contributed by atoms with E-state index in [0.717, 1.165) is 12.1 Å². The van der Waals surface area contributed by atoms with Gasteiger partial charge in [-0.05, 0) is 31.2 Å². The molecule has 0 bridgehead atoms. The van der Waals surface area contributed by atoms with Crippen LogP contribution in [-0.4, -0.2) is 53.4 Å². The molecular formula is C19H22N2O7. The number of carbonyl (C=O) groups is 2. The third-order valence-electron chi connectivity index (χ3n) is 3.57. The van der Waals surface area contributed by atoms with Crippen molar-refractivity contribution in [3.8, 4) is 28.7 Å². The Kier molecular flexibility index (Phi) is 7.32. The van der Waals surface area contributed by atoms with Gasteiger partial charge in [0.05, 0.1) is 6.61 Å². The molecular weight excluding hydrogens is 368 g/mol. The Morgan fingerprint density at radius 3 is 2.11 bits per heavy atom. The summed E-state index contributed by atoms with van der Waals surface area (Å²) in [5, 5.41) is 33.2. The second-order valence-corrected chi connectivity index (χ2v) is 5.64. The van der Waals surface area contributed by atoms with E-state index in [2.05, 4.69) is 10.6 Å². The normalized spacial score (nSPS) is 10.2. The fraction of sp³-hybridized carbons (Fsp3) is 0.263. The van der Waals surface area contributed by atoms with Crippen LogP contribution in [0.4, 0.5) is 0 Å². The molecule has 0 aliphatic carbocycles. The molecule has 150 valence electrons. The second-order valence-electron chi connectivity index (χ2n) is 5.64. The van der Waals surface area contributed by atoms with Gasteiger partial charge >= 0.3 is 0 Å². The topological polar surface area (TPSA) is 137 Å². The number of carbonyl (C=O) groups excluding carboxylic acids is 2. The number of nitrogens with one attached hydrogen (secondary N) is 2. The molecule has 0 atom stereocenters. The van der Waals surface area contributed by atoms with Crippen molar-refractivity contribution < 1.29 is 34.4 Å². The number of phenolic OH excluding ortho intramolecular Hbond substituents is 3. The van der Waals surface area contributed by atoms with E-state index in [1.165, 1.54) is 0 Å². The van der Waals surface area contributed by atoms with E-state index >= 15 is 0 Å². The zero-order chi connectivity index (χ0) is 20.5. The van der Waals surface area contributed by atoms with Crippen LogP contribution < -0.4 is 20.1 Å². The minimum absolute atomic E-state index is 0.0324. The molecule has 0 spiro atoms. The summed E-state index contributed by atoms with van der Waals surface area (Å²) in [6.07, 6.45) is 0. The number of rotatable bonds is 9. The summed E-state index contributed by atoms with van der Waals surface area (Å²) in [5.41, 5.74) is -0.0324. The number of phenols is 3. The Labute approximate surface area is 161 Å². The van der Waals surface area contributed by atoms with E-state index < -0.39 is 23.2 Å². The Bertz CT molecular complexity index is 816. The third kappa shape index (κ3) is 5.70. The molecule has 9 nitrogen and oxygen atoms in total. The van der Waals surface area contributed by atoms with Crippen molar-refractivity contribution >= 4 is 11.8 Å². The molecule has 0 radical (unpaired) electrons. The highest BCUT2D eigenvalue weighted by atomic mass is 16.5. The Hall–Kier alpha value is -3.62. The summed E-state index contributed by atoms with van der Waals surface area (Å²) in [7, 11) is 0. The highest BCUT2D eigenvalue weighted by Crippen LogP contribution is 2.35. The van der Waals surface area contributed by atoms with Crippen LogP contribution in [0.15, 0.2) is 36.4 Å². The summed E-state index contributed by atoms with van der Waals surface area (Å²) >= 11 is 0. The standard InChI is InChI=1S/C19H22N2O7/c1-2-27-15-5-3-4-6-16(15)28-11-17(24)20-7-8-21-19(26)12-9-13(22)18(25)14(23)10-12/h3-6,9-10,22-23,25H,2,7-8,11H2,1H3,(H,20,24)(H,21,26). The van der Waals surface area contributed by atoms with Crippen molar-refractivity contribution in [2.24, 2.45) is 0 Å². The van der Waals surface area contributed by atoms with Gasteiger partial charge in [-0.25, -0.2) is 0 Å². The smallest absolute Gasteiger partial charge is 0.258 e. The maximum absolute atomic E-state index is 11.9. The fourth-order valence-corrected chi connectivity index (χ4v) is 2.25. The number of ether oxygens (including phenoxy) is 2. The van der Waals surface area contributed by atoms with Crippen molar-refractivity contribution in [1.82, 2.24) is 10.6 Å². The molecule has 0 aromatic heterocycles.